The molecule has 0 atom stereocenters. The molecule has 6 nitrogen and oxygen atoms in total. The van der Waals surface area contributed by atoms with E-state index in [0.717, 1.165) is 0 Å². The summed E-state index contributed by atoms with van der Waals surface area (Å²) in [7, 11) is -3.84. The van der Waals surface area contributed by atoms with E-state index in [9.17, 15) is 8.42 Å². The van der Waals surface area contributed by atoms with Gasteiger partial charge in [-0.2, -0.15) is 5.26 Å². The van der Waals surface area contributed by atoms with Gasteiger partial charge in [-0.25, -0.2) is 8.42 Å². The van der Waals surface area contributed by atoms with Crippen molar-refractivity contribution in [2.75, 3.05) is 4.72 Å². The van der Waals surface area contributed by atoms with E-state index in [-0.39, 0.29) is 16.3 Å². The topological polar surface area (TPSA) is 96.0 Å². The number of sulfonamides is 1. The first kappa shape index (κ1) is 12.1. The zero-order valence-electron chi connectivity index (χ0n) is 9.41. The van der Waals surface area contributed by atoms with Crippen LogP contribution < -0.4 is 4.72 Å². The van der Waals surface area contributed by atoms with Crippen LogP contribution in [-0.2, 0) is 10.0 Å². The molecule has 0 saturated carbocycles. The largest absolute Gasteiger partial charge is 0.360 e. The molecule has 1 heterocycles. The highest BCUT2D eigenvalue weighted by Crippen LogP contribution is 2.18. The van der Waals surface area contributed by atoms with E-state index >= 15 is 0 Å². The Hall–Kier alpha value is -2.33. The van der Waals surface area contributed by atoms with Crippen LogP contribution in [0.5, 0.6) is 0 Å². The van der Waals surface area contributed by atoms with Crippen LogP contribution in [0, 0.1) is 18.3 Å². The zero-order valence-corrected chi connectivity index (χ0v) is 10.2. The molecule has 1 N–H and O–H groups in total. The summed E-state index contributed by atoms with van der Waals surface area (Å²) in [6.07, 6.45) is 0. The molecule has 7 heteroatoms. The minimum atomic E-state index is -3.84. The van der Waals surface area contributed by atoms with Crippen molar-refractivity contribution < 1.29 is 12.9 Å². The summed E-state index contributed by atoms with van der Waals surface area (Å²) in [5.41, 5.74) is 0.0743. The highest BCUT2D eigenvalue weighted by atomic mass is 32.2. The first-order valence-corrected chi connectivity index (χ1v) is 6.46. The van der Waals surface area contributed by atoms with Crippen molar-refractivity contribution in [3.8, 4) is 6.07 Å². The number of rotatable bonds is 3. The number of benzene rings is 1. The second-order valence-electron chi connectivity index (χ2n) is 3.54. The van der Waals surface area contributed by atoms with Crippen molar-refractivity contribution in [2.24, 2.45) is 0 Å². The minimum absolute atomic E-state index is 0.0743. The van der Waals surface area contributed by atoms with Gasteiger partial charge in [0.1, 0.15) is 16.7 Å². The van der Waals surface area contributed by atoms with E-state index in [1.807, 2.05) is 6.07 Å². The Bertz CT molecular complexity index is 713. The minimum Gasteiger partial charge on any atom is -0.360 e. The van der Waals surface area contributed by atoms with Crippen molar-refractivity contribution in [1.29, 1.82) is 5.26 Å². The van der Waals surface area contributed by atoms with Gasteiger partial charge in [-0.15, -0.1) is 0 Å². The molecule has 2 rings (SSSR count). The summed E-state index contributed by atoms with van der Waals surface area (Å²) in [5.74, 6) is 0.571. The fourth-order valence-corrected chi connectivity index (χ4v) is 2.54. The van der Waals surface area contributed by atoms with E-state index < -0.39 is 10.0 Å². The Morgan fingerprint density at radius 2 is 2.11 bits per heavy atom. The predicted molar refractivity (Wildman–Crippen MR) is 63.2 cm³/mol. The third-order valence-corrected chi connectivity index (χ3v) is 3.58. The Balaban J connectivity index is 2.40. The fraction of sp³-hybridized carbons (Fsp3) is 0.0909. The number of hydrogen-bond acceptors (Lipinski definition) is 5. The molecule has 0 aliphatic carbocycles. The molecule has 0 aliphatic heterocycles. The number of aromatic nitrogens is 1. The van der Waals surface area contributed by atoms with Gasteiger partial charge in [-0.1, -0.05) is 17.3 Å². The van der Waals surface area contributed by atoms with Crippen LogP contribution >= 0.6 is 0 Å². The second-order valence-corrected chi connectivity index (χ2v) is 5.19. The van der Waals surface area contributed by atoms with Crippen LogP contribution in [0.3, 0.4) is 0 Å². The maximum Gasteiger partial charge on any atom is 0.264 e. The van der Waals surface area contributed by atoms with Gasteiger partial charge < -0.3 is 4.52 Å². The molecule has 0 saturated heterocycles. The highest BCUT2D eigenvalue weighted by Gasteiger charge is 2.19. The highest BCUT2D eigenvalue weighted by molar-refractivity contribution is 7.92. The lowest BCUT2D eigenvalue weighted by molar-refractivity contribution is 0.400. The van der Waals surface area contributed by atoms with Crippen molar-refractivity contribution >= 4 is 15.8 Å². The summed E-state index contributed by atoms with van der Waals surface area (Å²) in [6.45, 7) is 1.65. The zero-order chi connectivity index (χ0) is 13.2. The summed E-state index contributed by atoms with van der Waals surface area (Å²) in [5, 5.41) is 12.4. The fourth-order valence-electron chi connectivity index (χ4n) is 1.40. The van der Waals surface area contributed by atoms with E-state index in [0.29, 0.717) is 5.76 Å². The van der Waals surface area contributed by atoms with Crippen molar-refractivity contribution in [1.82, 2.24) is 5.16 Å². The molecule has 0 fully saturated rings. The average molecular weight is 263 g/mol. The van der Waals surface area contributed by atoms with E-state index in [1.165, 1.54) is 18.2 Å². The average Bonchev–Trinajstić information content (AvgIpc) is 2.74. The molecule has 2 aromatic rings. The van der Waals surface area contributed by atoms with Gasteiger partial charge in [0.25, 0.3) is 10.0 Å². The summed E-state index contributed by atoms with van der Waals surface area (Å²) >= 11 is 0. The maximum atomic E-state index is 12.0. The van der Waals surface area contributed by atoms with Gasteiger partial charge in [0.05, 0.1) is 5.56 Å². The molecular weight excluding hydrogens is 254 g/mol. The Morgan fingerprint density at radius 3 is 2.72 bits per heavy atom. The van der Waals surface area contributed by atoms with E-state index in [4.69, 9.17) is 9.78 Å². The second kappa shape index (κ2) is 4.50. The number of nitriles is 1. The monoisotopic (exact) mass is 263 g/mol. The molecule has 1 aromatic carbocycles. The number of anilines is 1. The maximum absolute atomic E-state index is 12.0. The summed E-state index contributed by atoms with van der Waals surface area (Å²) in [6, 6.07) is 9.21. The van der Waals surface area contributed by atoms with Crippen LogP contribution in [0.15, 0.2) is 39.8 Å². The normalized spacial score (nSPS) is 10.9. The SMILES string of the molecule is Cc1cc(NS(=O)(=O)c2ccccc2C#N)no1. The van der Waals surface area contributed by atoms with Crippen LogP contribution in [-0.4, -0.2) is 13.6 Å². The van der Waals surface area contributed by atoms with Gasteiger partial charge in [0.2, 0.25) is 0 Å². The Labute approximate surface area is 104 Å². The summed E-state index contributed by atoms with van der Waals surface area (Å²) in [4.78, 5) is -0.0897. The Morgan fingerprint density at radius 1 is 1.39 bits per heavy atom. The molecule has 0 aliphatic rings. The van der Waals surface area contributed by atoms with Crippen LogP contribution in [0.2, 0.25) is 0 Å². The lowest BCUT2D eigenvalue weighted by Gasteiger charge is -2.05. The number of nitrogens with one attached hydrogen (secondary N) is 1. The Kier molecular flexibility index (Phi) is 3.04. The lowest BCUT2D eigenvalue weighted by Crippen LogP contribution is -2.14. The van der Waals surface area contributed by atoms with E-state index in [2.05, 4.69) is 9.88 Å². The molecule has 0 bridgehead atoms. The third kappa shape index (κ3) is 2.33. The van der Waals surface area contributed by atoms with Gasteiger partial charge in [0, 0.05) is 6.07 Å². The van der Waals surface area contributed by atoms with Gasteiger partial charge in [0.15, 0.2) is 5.82 Å². The van der Waals surface area contributed by atoms with Crippen LogP contribution in [0.25, 0.3) is 0 Å². The smallest absolute Gasteiger partial charge is 0.264 e. The van der Waals surface area contributed by atoms with Crippen molar-refractivity contribution in [2.45, 2.75) is 11.8 Å². The van der Waals surface area contributed by atoms with Crippen molar-refractivity contribution in [3.05, 3.63) is 41.7 Å². The molecule has 18 heavy (non-hydrogen) atoms. The standard InChI is InChI=1S/C11H9N3O3S/c1-8-6-11(13-17-8)14-18(15,16)10-5-3-2-4-9(10)7-12/h2-6H,1H3,(H,13,14). The molecule has 0 amide bonds. The van der Waals surface area contributed by atoms with Crippen molar-refractivity contribution in [3.63, 3.8) is 0 Å². The molecular formula is C11H9N3O3S. The molecule has 1 aromatic heterocycles. The first-order valence-electron chi connectivity index (χ1n) is 4.98. The quantitative estimate of drug-likeness (QED) is 0.908. The van der Waals surface area contributed by atoms with Gasteiger partial charge in [-0.05, 0) is 19.1 Å². The number of aryl methyl sites for hydroxylation is 1. The van der Waals surface area contributed by atoms with E-state index in [1.54, 1.807) is 19.1 Å². The van der Waals surface area contributed by atoms with Crippen LogP contribution in [0.1, 0.15) is 11.3 Å². The molecule has 92 valence electrons. The van der Waals surface area contributed by atoms with Gasteiger partial charge >= 0.3 is 0 Å². The number of hydrogen-bond donors (Lipinski definition) is 1. The lowest BCUT2D eigenvalue weighted by atomic mass is 10.2. The predicted octanol–water partition coefficient (Wildman–Crippen LogP) is 1.66. The van der Waals surface area contributed by atoms with Crippen LogP contribution in [0.4, 0.5) is 5.82 Å². The third-order valence-electron chi connectivity index (χ3n) is 2.16. The summed E-state index contributed by atoms with van der Waals surface area (Å²) < 4.78 is 31.1. The first-order chi connectivity index (χ1) is 8.53. The molecule has 0 radical (unpaired) electrons. The number of nitrogens with zero attached hydrogens (tertiary/aromatic N) is 2. The molecule has 0 spiro atoms. The molecule has 0 unspecified atom stereocenters. The van der Waals surface area contributed by atoms with Gasteiger partial charge in [-0.3, -0.25) is 4.72 Å².